The van der Waals surface area contributed by atoms with Gasteiger partial charge in [-0.15, -0.1) is 0 Å². The zero-order valence-corrected chi connectivity index (χ0v) is 18.2. The predicted octanol–water partition coefficient (Wildman–Crippen LogP) is 3.76. The van der Waals surface area contributed by atoms with Gasteiger partial charge in [-0.1, -0.05) is 18.6 Å². The number of sulfonamides is 1. The van der Waals surface area contributed by atoms with Gasteiger partial charge in [0.25, 0.3) is 0 Å². The van der Waals surface area contributed by atoms with Crippen LogP contribution >= 0.6 is 0 Å². The largest absolute Gasteiger partial charge is 0.493 e. The van der Waals surface area contributed by atoms with E-state index in [-0.39, 0.29) is 0 Å². The minimum absolute atomic E-state index is 0.379. The highest BCUT2D eigenvalue weighted by Crippen LogP contribution is 2.26. The lowest BCUT2D eigenvalue weighted by Gasteiger charge is -2.26. The van der Waals surface area contributed by atoms with E-state index in [0.29, 0.717) is 36.8 Å². The maximum atomic E-state index is 13.1. The SMILES string of the molecule is Cc1ccc(C)c(OCCCn2nc(C)c(S(=O)(=O)N3CCCCC3)c2C)c1. The molecule has 2 heterocycles. The third-order valence-corrected chi connectivity index (χ3v) is 7.50. The second-order valence-electron chi connectivity index (χ2n) is 7.66. The Labute approximate surface area is 168 Å². The standard InChI is InChI=1S/C21H31N3O3S/c1-16-9-10-17(2)20(15-16)27-14-8-13-24-19(4)21(18(3)22-24)28(25,26)23-11-6-5-7-12-23/h9-10,15H,5-8,11-14H2,1-4H3. The third kappa shape index (κ3) is 4.41. The van der Waals surface area contributed by atoms with Gasteiger partial charge in [-0.25, -0.2) is 8.42 Å². The highest BCUT2D eigenvalue weighted by molar-refractivity contribution is 7.89. The van der Waals surface area contributed by atoms with Gasteiger partial charge in [0.15, 0.2) is 0 Å². The molecule has 1 fully saturated rings. The molecule has 0 unspecified atom stereocenters. The number of ether oxygens (including phenoxy) is 1. The topological polar surface area (TPSA) is 64.4 Å². The molecule has 7 heteroatoms. The minimum atomic E-state index is -3.47. The Hall–Kier alpha value is -1.86. The van der Waals surface area contributed by atoms with Crippen LogP contribution in [-0.2, 0) is 16.6 Å². The molecule has 1 saturated heterocycles. The maximum Gasteiger partial charge on any atom is 0.246 e. The van der Waals surface area contributed by atoms with E-state index < -0.39 is 10.0 Å². The zero-order chi connectivity index (χ0) is 20.3. The summed E-state index contributed by atoms with van der Waals surface area (Å²) in [5.41, 5.74) is 3.59. The third-order valence-electron chi connectivity index (χ3n) is 5.34. The lowest BCUT2D eigenvalue weighted by atomic mass is 10.1. The number of aryl methyl sites for hydroxylation is 4. The van der Waals surface area contributed by atoms with Gasteiger partial charge in [0, 0.05) is 26.1 Å². The van der Waals surface area contributed by atoms with Crippen LogP contribution in [0.5, 0.6) is 5.75 Å². The van der Waals surface area contributed by atoms with Crippen molar-refractivity contribution in [3.05, 3.63) is 40.7 Å². The van der Waals surface area contributed by atoms with E-state index in [2.05, 4.69) is 17.2 Å². The summed E-state index contributed by atoms with van der Waals surface area (Å²) in [5, 5.41) is 4.50. The van der Waals surface area contributed by atoms with Crippen molar-refractivity contribution in [2.45, 2.75) is 64.8 Å². The fraction of sp³-hybridized carbons (Fsp3) is 0.571. The van der Waals surface area contributed by atoms with Gasteiger partial charge < -0.3 is 4.74 Å². The lowest BCUT2D eigenvalue weighted by molar-refractivity contribution is 0.296. The monoisotopic (exact) mass is 405 g/mol. The molecule has 1 aromatic heterocycles. The van der Waals surface area contributed by atoms with Gasteiger partial charge in [-0.2, -0.15) is 9.40 Å². The molecule has 0 N–H and O–H groups in total. The first-order chi connectivity index (χ1) is 13.3. The van der Waals surface area contributed by atoms with Crippen molar-refractivity contribution in [2.75, 3.05) is 19.7 Å². The van der Waals surface area contributed by atoms with Crippen LogP contribution in [0.15, 0.2) is 23.1 Å². The summed E-state index contributed by atoms with van der Waals surface area (Å²) in [6.45, 7) is 10.1. The molecule has 6 nitrogen and oxygen atoms in total. The molecule has 154 valence electrons. The number of nitrogens with zero attached hydrogens (tertiary/aromatic N) is 3. The average molecular weight is 406 g/mol. The second-order valence-corrected chi connectivity index (χ2v) is 9.53. The Balaban J connectivity index is 1.66. The van der Waals surface area contributed by atoms with Crippen molar-refractivity contribution in [3.63, 3.8) is 0 Å². The smallest absolute Gasteiger partial charge is 0.246 e. The van der Waals surface area contributed by atoms with Crippen molar-refractivity contribution in [1.82, 2.24) is 14.1 Å². The first kappa shape index (κ1) is 20.9. The summed E-state index contributed by atoms with van der Waals surface area (Å²) in [5.74, 6) is 0.904. The van der Waals surface area contributed by atoms with E-state index in [0.717, 1.165) is 42.7 Å². The quantitative estimate of drug-likeness (QED) is 0.658. The molecule has 1 aliphatic rings. The molecule has 0 amide bonds. The Bertz CT molecular complexity index is 929. The number of rotatable bonds is 7. The van der Waals surface area contributed by atoms with E-state index in [9.17, 15) is 8.42 Å². The Morgan fingerprint density at radius 3 is 2.50 bits per heavy atom. The number of hydrogen-bond donors (Lipinski definition) is 0. The van der Waals surface area contributed by atoms with Gasteiger partial charge in [0.2, 0.25) is 10.0 Å². The van der Waals surface area contributed by atoms with Crippen LogP contribution < -0.4 is 4.74 Å². The molecular formula is C21H31N3O3S. The second kappa shape index (κ2) is 8.66. The van der Waals surface area contributed by atoms with E-state index >= 15 is 0 Å². The van der Waals surface area contributed by atoms with Crippen molar-refractivity contribution in [1.29, 1.82) is 0 Å². The first-order valence-electron chi connectivity index (χ1n) is 10.0. The van der Waals surface area contributed by atoms with Crippen LogP contribution in [0.3, 0.4) is 0 Å². The average Bonchev–Trinajstić information content (AvgIpc) is 2.96. The van der Waals surface area contributed by atoms with E-state index in [1.807, 2.05) is 26.8 Å². The van der Waals surface area contributed by atoms with Crippen molar-refractivity contribution in [3.8, 4) is 5.75 Å². The lowest BCUT2D eigenvalue weighted by Crippen LogP contribution is -2.36. The normalized spacial score (nSPS) is 15.7. The fourth-order valence-electron chi connectivity index (χ4n) is 3.77. The Morgan fingerprint density at radius 2 is 1.79 bits per heavy atom. The highest BCUT2D eigenvalue weighted by atomic mass is 32.2. The molecule has 0 saturated carbocycles. The Morgan fingerprint density at radius 1 is 1.07 bits per heavy atom. The van der Waals surface area contributed by atoms with Crippen molar-refractivity contribution < 1.29 is 13.2 Å². The van der Waals surface area contributed by atoms with Crippen LogP contribution in [0.25, 0.3) is 0 Å². The molecule has 1 aromatic carbocycles. The minimum Gasteiger partial charge on any atom is -0.493 e. The van der Waals surface area contributed by atoms with E-state index in [1.54, 1.807) is 15.9 Å². The summed E-state index contributed by atoms with van der Waals surface area (Å²) < 4.78 is 35.5. The molecular weight excluding hydrogens is 374 g/mol. The number of piperidine rings is 1. The number of hydrogen-bond acceptors (Lipinski definition) is 4. The molecule has 0 spiro atoms. The molecule has 3 rings (SSSR count). The molecule has 0 aliphatic carbocycles. The zero-order valence-electron chi connectivity index (χ0n) is 17.4. The van der Waals surface area contributed by atoms with Crippen molar-refractivity contribution in [2.24, 2.45) is 0 Å². The van der Waals surface area contributed by atoms with Gasteiger partial charge in [-0.05, 0) is 57.7 Å². The number of benzene rings is 1. The van der Waals surface area contributed by atoms with Crippen LogP contribution in [0.1, 0.15) is 48.2 Å². The summed E-state index contributed by atoms with van der Waals surface area (Å²) in [6, 6.07) is 6.17. The van der Waals surface area contributed by atoms with Gasteiger partial charge in [0.1, 0.15) is 10.6 Å². The molecule has 0 radical (unpaired) electrons. The molecule has 0 atom stereocenters. The maximum absolute atomic E-state index is 13.1. The van der Waals surface area contributed by atoms with Crippen molar-refractivity contribution >= 4 is 10.0 Å². The Kier molecular flexibility index (Phi) is 6.45. The summed E-state index contributed by atoms with van der Waals surface area (Å²) in [6.07, 6.45) is 3.73. The first-order valence-corrected chi connectivity index (χ1v) is 11.5. The predicted molar refractivity (Wildman–Crippen MR) is 110 cm³/mol. The molecule has 28 heavy (non-hydrogen) atoms. The van der Waals surface area contributed by atoms with Gasteiger partial charge >= 0.3 is 0 Å². The van der Waals surface area contributed by atoms with Gasteiger partial charge in [-0.3, -0.25) is 4.68 Å². The van der Waals surface area contributed by atoms with Crippen LogP contribution in [0, 0.1) is 27.7 Å². The van der Waals surface area contributed by atoms with Crippen LogP contribution in [0.2, 0.25) is 0 Å². The summed E-state index contributed by atoms with van der Waals surface area (Å²) >= 11 is 0. The van der Waals surface area contributed by atoms with Crippen LogP contribution in [0.4, 0.5) is 0 Å². The van der Waals surface area contributed by atoms with E-state index in [4.69, 9.17) is 4.74 Å². The summed E-state index contributed by atoms with van der Waals surface area (Å²) in [7, 11) is -3.47. The van der Waals surface area contributed by atoms with E-state index in [1.165, 1.54) is 5.56 Å². The van der Waals surface area contributed by atoms with Crippen LogP contribution in [-0.4, -0.2) is 42.2 Å². The molecule has 0 bridgehead atoms. The highest BCUT2D eigenvalue weighted by Gasteiger charge is 2.31. The summed E-state index contributed by atoms with van der Waals surface area (Å²) in [4.78, 5) is 0.379. The molecule has 2 aromatic rings. The fourth-order valence-corrected chi connectivity index (χ4v) is 5.66. The van der Waals surface area contributed by atoms with Gasteiger partial charge in [0.05, 0.1) is 18.0 Å². The molecule has 1 aliphatic heterocycles. The number of aromatic nitrogens is 2.